The highest BCUT2D eigenvalue weighted by atomic mass is 35.5. The molecule has 0 fully saturated rings. The first-order valence-corrected chi connectivity index (χ1v) is 16.7. The number of methoxy groups -OCH3 is 1. The van der Waals surface area contributed by atoms with E-state index in [4.69, 9.17) is 37.4 Å². The number of sulfone groups is 1. The first-order chi connectivity index (χ1) is 21.5. The molecule has 0 bridgehead atoms. The van der Waals surface area contributed by atoms with Gasteiger partial charge in [-0.25, -0.2) is 8.42 Å². The van der Waals surface area contributed by atoms with E-state index < -0.39 is 15.9 Å². The largest absolute Gasteiger partial charge is 0.497 e. The quantitative estimate of drug-likeness (QED) is 0.0974. The molecule has 45 heavy (non-hydrogen) atoms. The molecule has 5 rings (SSSR count). The van der Waals surface area contributed by atoms with Gasteiger partial charge in [0.05, 0.1) is 30.7 Å². The first kappa shape index (κ1) is 32.4. The third-order valence-electron chi connectivity index (χ3n) is 7.32. The van der Waals surface area contributed by atoms with Crippen LogP contribution in [0.15, 0.2) is 90.0 Å². The highest BCUT2D eigenvalue weighted by Crippen LogP contribution is 2.37. The van der Waals surface area contributed by atoms with Gasteiger partial charge in [-0.15, -0.1) is 0 Å². The zero-order valence-electron chi connectivity index (χ0n) is 24.9. The summed E-state index contributed by atoms with van der Waals surface area (Å²) < 4.78 is 42.3. The molecule has 4 aromatic carbocycles. The zero-order chi connectivity index (χ0) is 32.1. The predicted molar refractivity (Wildman–Crippen MR) is 178 cm³/mol. The van der Waals surface area contributed by atoms with E-state index in [1.165, 1.54) is 19.2 Å². The molecule has 5 aromatic rings. The summed E-state index contributed by atoms with van der Waals surface area (Å²) in [5.74, 6) is 0.397. The van der Waals surface area contributed by atoms with Gasteiger partial charge in [0.1, 0.15) is 24.1 Å². The SMILES string of the molecule is COc1cc(NC(C(=O)c2c[nH]c3c(C)c(Cl)ccc23)c2ccc(Cl)cc2OCCOCc2ccccc2)cc(S(C)(=O)=O)c1. The van der Waals surface area contributed by atoms with Gasteiger partial charge in [0.2, 0.25) is 0 Å². The minimum atomic E-state index is -3.59. The number of anilines is 1. The monoisotopic (exact) mass is 666 g/mol. The van der Waals surface area contributed by atoms with E-state index >= 15 is 0 Å². The highest BCUT2D eigenvalue weighted by Gasteiger charge is 2.29. The van der Waals surface area contributed by atoms with E-state index in [9.17, 15) is 13.2 Å². The van der Waals surface area contributed by atoms with Gasteiger partial charge >= 0.3 is 0 Å². The number of fused-ring (bicyclic) bond motifs is 1. The number of rotatable bonds is 13. The van der Waals surface area contributed by atoms with E-state index in [0.717, 1.165) is 22.9 Å². The van der Waals surface area contributed by atoms with Crippen molar-refractivity contribution in [2.24, 2.45) is 0 Å². The number of halogens is 2. The number of ether oxygens (including phenoxy) is 3. The fourth-order valence-electron chi connectivity index (χ4n) is 4.96. The van der Waals surface area contributed by atoms with Gasteiger partial charge in [-0.05, 0) is 48.4 Å². The molecule has 11 heteroatoms. The lowest BCUT2D eigenvalue weighted by molar-refractivity contribution is 0.0880. The third kappa shape index (κ3) is 7.62. The smallest absolute Gasteiger partial charge is 0.191 e. The van der Waals surface area contributed by atoms with Gasteiger partial charge in [-0.1, -0.05) is 65.7 Å². The minimum absolute atomic E-state index is 0.0380. The van der Waals surface area contributed by atoms with Crippen molar-refractivity contribution in [3.05, 3.63) is 117 Å². The van der Waals surface area contributed by atoms with Gasteiger partial charge in [-0.2, -0.15) is 0 Å². The van der Waals surface area contributed by atoms with Crippen LogP contribution >= 0.6 is 23.2 Å². The average Bonchev–Trinajstić information content (AvgIpc) is 3.46. The Morgan fingerprint density at radius 3 is 2.49 bits per heavy atom. The van der Waals surface area contributed by atoms with E-state index in [2.05, 4.69) is 10.3 Å². The molecule has 1 heterocycles. The second-order valence-electron chi connectivity index (χ2n) is 10.5. The number of ketones is 1. The van der Waals surface area contributed by atoms with Crippen molar-refractivity contribution in [2.45, 2.75) is 24.5 Å². The summed E-state index contributed by atoms with van der Waals surface area (Å²) in [6.07, 6.45) is 2.75. The van der Waals surface area contributed by atoms with Crippen molar-refractivity contribution in [3.63, 3.8) is 0 Å². The Morgan fingerprint density at radius 2 is 1.76 bits per heavy atom. The Morgan fingerprint density at radius 1 is 0.978 bits per heavy atom. The van der Waals surface area contributed by atoms with E-state index in [0.29, 0.717) is 57.0 Å². The van der Waals surface area contributed by atoms with Crippen LogP contribution in [-0.4, -0.2) is 45.8 Å². The molecule has 234 valence electrons. The number of aryl methyl sites for hydroxylation is 1. The van der Waals surface area contributed by atoms with Crippen molar-refractivity contribution in [1.29, 1.82) is 0 Å². The Balaban J connectivity index is 1.51. The second kappa shape index (κ2) is 14.0. The summed E-state index contributed by atoms with van der Waals surface area (Å²) in [5.41, 5.74) is 3.87. The normalized spacial score (nSPS) is 12.2. The van der Waals surface area contributed by atoms with E-state index in [-0.39, 0.29) is 17.3 Å². The number of aromatic amines is 1. The molecule has 0 saturated heterocycles. The number of aromatic nitrogens is 1. The van der Waals surface area contributed by atoms with Gasteiger partial charge in [0.15, 0.2) is 15.6 Å². The molecule has 0 radical (unpaired) electrons. The minimum Gasteiger partial charge on any atom is -0.497 e. The molecule has 0 aliphatic heterocycles. The molecule has 1 aromatic heterocycles. The number of carbonyl (C=O) groups excluding carboxylic acids is 1. The maximum absolute atomic E-state index is 14.4. The number of benzene rings is 4. The van der Waals surface area contributed by atoms with Crippen molar-refractivity contribution < 1.29 is 27.4 Å². The van der Waals surface area contributed by atoms with Crippen LogP contribution in [0.5, 0.6) is 11.5 Å². The summed E-state index contributed by atoms with van der Waals surface area (Å²) in [7, 11) is -2.15. The Kier molecular flexibility index (Phi) is 10.0. The Labute approximate surface area is 272 Å². The lowest BCUT2D eigenvalue weighted by atomic mass is 9.95. The van der Waals surface area contributed by atoms with Crippen molar-refractivity contribution in [3.8, 4) is 11.5 Å². The van der Waals surface area contributed by atoms with Crippen LogP contribution in [-0.2, 0) is 21.2 Å². The molecule has 0 aliphatic carbocycles. The highest BCUT2D eigenvalue weighted by molar-refractivity contribution is 7.90. The molecule has 0 aliphatic rings. The average molecular weight is 668 g/mol. The summed E-state index contributed by atoms with van der Waals surface area (Å²) in [6, 6.07) is 21.9. The number of hydrogen-bond donors (Lipinski definition) is 2. The number of hydrogen-bond acceptors (Lipinski definition) is 7. The van der Waals surface area contributed by atoms with Crippen LogP contribution in [0.3, 0.4) is 0 Å². The standard InChI is InChI=1S/C34H32Cl2N2O6S/c1-21-30(36)12-11-27-29(19-37-32(21)27)34(39)33(38-24-16-25(42-2)18-26(17-24)45(3,40)41)28-10-9-23(35)15-31(28)44-14-13-43-20-22-7-5-4-6-8-22/h4-12,15-19,33,37-38H,13-14,20H2,1-3H3. The van der Waals surface area contributed by atoms with Crippen molar-refractivity contribution >= 4 is 55.4 Å². The molecule has 0 amide bonds. The summed E-state index contributed by atoms with van der Waals surface area (Å²) >= 11 is 12.7. The summed E-state index contributed by atoms with van der Waals surface area (Å²) in [6.45, 7) is 2.79. The van der Waals surface area contributed by atoms with Crippen LogP contribution in [0.1, 0.15) is 33.1 Å². The van der Waals surface area contributed by atoms with Crippen LogP contribution < -0.4 is 14.8 Å². The number of H-pyrrole nitrogens is 1. The number of nitrogens with one attached hydrogen (secondary N) is 2. The van der Waals surface area contributed by atoms with Crippen LogP contribution in [0, 0.1) is 6.92 Å². The van der Waals surface area contributed by atoms with Crippen molar-refractivity contribution in [1.82, 2.24) is 4.98 Å². The number of carbonyl (C=O) groups is 1. The molecule has 1 unspecified atom stereocenters. The molecule has 8 nitrogen and oxygen atoms in total. The van der Waals surface area contributed by atoms with Crippen LogP contribution in [0.2, 0.25) is 10.0 Å². The maximum atomic E-state index is 14.4. The van der Waals surface area contributed by atoms with Gasteiger partial charge in [0.25, 0.3) is 0 Å². The lowest BCUT2D eigenvalue weighted by Crippen LogP contribution is -2.22. The Bertz CT molecular complexity index is 1940. The fourth-order valence-corrected chi connectivity index (χ4v) is 5.95. The van der Waals surface area contributed by atoms with Gasteiger partial charge < -0.3 is 24.5 Å². The molecule has 2 N–H and O–H groups in total. The summed E-state index contributed by atoms with van der Waals surface area (Å²) in [4.78, 5) is 17.7. The van der Waals surface area contributed by atoms with Gasteiger partial charge in [0, 0.05) is 50.8 Å². The summed E-state index contributed by atoms with van der Waals surface area (Å²) in [5, 5.41) is 4.95. The van der Waals surface area contributed by atoms with Crippen LogP contribution in [0.25, 0.3) is 10.9 Å². The topological polar surface area (TPSA) is 107 Å². The van der Waals surface area contributed by atoms with E-state index in [1.807, 2.05) is 37.3 Å². The lowest BCUT2D eigenvalue weighted by Gasteiger charge is -2.23. The first-order valence-electron chi connectivity index (χ1n) is 14.0. The maximum Gasteiger partial charge on any atom is 0.191 e. The molecule has 0 spiro atoms. The number of Topliss-reactive ketones (excluding diaryl/α,β-unsaturated/α-hetero) is 1. The zero-order valence-corrected chi connectivity index (χ0v) is 27.2. The fraction of sp³-hybridized carbons (Fsp3) is 0.206. The molecular formula is C34H32Cl2N2O6S. The molecule has 0 saturated carbocycles. The Hall–Kier alpha value is -4.02. The molecule has 1 atom stereocenters. The van der Waals surface area contributed by atoms with E-state index in [1.54, 1.807) is 42.6 Å². The van der Waals surface area contributed by atoms with Crippen molar-refractivity contribution in [2.75, 3.05) is 31.9 Å². The van der Waals surface area contributed by atoms with Gasteiger partial charge in [-0.3, -0.25) is 4.79 Å². The second-order valence-corrected chi connectivity index (χ2v) is 13.3. The molecular weight excluding hydrogens is 635 g/mol. The predicted octanol–water partition coefficient (Wildman–Crippen LogP) is 7.83. The third-order valence-corrected chi connectivity index (χ3v) is 9.05. The van der Waals surface area contributed by atoms with Crippen LogP contribution in [0.4, 0.5) is 5.69 Å².